The molecule has 0 N–H and O–H groups in total. The first-order chi connectivity index (χ1) is 6.85. The van der Waals surface area contributed by atoms with E-state index < -0.39 is 0 Å². The SMILES string of the molecule is C=CCCC([CH]CPC)CC/C=C/C. The van der Waals surface area contributed by atoms with E-state index in [1.807, 2.05) is 6.08 Å². The van der Waals surface area contributed by atoms with Crippen molar-refractivity contribution in [3.63, 3.8) is 0 Å². The molecule has 0 aromatic carbocycles. The van der Waals surface area contributed by atoms with Gasteiger partial charge in [-0.05, 0) is 57.8 Å². The first-order valence-corrected chi connectivity index (χ1v) is 7.25. The van der Waals surface area contributed by atoms with Crippen molar-refractivity contribution in [2.24, 2.45) is 5.92 Å². The zero-order valence-electron chi connectivity index (χ0n) is 9.63. The summed E-state index contributed by atoms with van der Waals surface area (Å²) >= 11 is 0. The van der Waals surface area contributed by atoms with Crippen LogP contribution in [0.1, 0.15) is 32.6 Å². The Morgan fingerprint density at radius 3 is 2.57 bits per heavy atom. The topological polar surface area (TPSA) is 0 Å². The van der Waals surface area contributed by atoms with Crippen LogP contribution in [0.3, 0.4) is 0 Å². The van der Waals surface area contributed by atoms with E-state index in [2.05, 4.69) is 38.7 Å². The van der Waals surface area contributed by atoms with E-state index in [1.54, 1.807) is 0 Å². The molecule has 0 aliphatic carbocycles. The first-order valence-electron chi connectivity index (χ1n) is 5.55. The number of hydrogen-bond donors (Lipinski definition) is 0. The van der Waals surface area contributed by atoms with E-state index in [9.17, 15) is 0 Å². The summed E-state index contributed by atoms with van der Waals surface area (Å²) in [5.41, 5.74) is 0. The molecule has 2 unspecified atom stereocenters. The lowest BCUT2D eigenvalue weighted by Crippen LogP contribution is -2.02. The molecule has 0 saturated heterocycles. The number of hydrogen-bond acceptors (Lipinski definition) is 0. The van der Waals surface area contributed by atoms with Gasteiger partial charge in [-0.3, -0.25) is 0 Å². The molecular formula is C13H24P. The molecule has 1 heteroatoms. The van der Waals surface area contributed by atoms with Crippen LogP contribution in [0.4, 0.5) is 0 Å². The van der Waals surface area contributed by atoms with Crippen molar-refractivity contribution in [1.29, 1.82) is 0 Å². The van der Waals surface area contributed by atoms with Crippen molar-refractivity contribution in [1.82, 2.24) is 0 Å². The molecule has 1 radical (unpaired) electrons. The van der Waals surface area contributed by atoms with E-state index in [0.29, 0.717) is 0 Å². The van der Waals surface area contributed by atoms with Gasteiger partial charge in [-0.25, -0.2) is 0 Å². The van der Waals surface area contributed by atoms with Gasteiger partial charge in [0.15, 0.2) is 0 Å². The molecule has 2 atom stereocenters. The largest absolute Gasteiger partial charge is 0.125 e. The van der Waals surface area contributed by atoms with Gasteiger partial charge in [0.2, 0.25) is 0 Å². The fourth-order valence-corrected chi connectivity index (χ4v) is 2.04. The normalized spacial score (nSPS) is 14.1. The first kappa shape index (κ1) is 13.9. The van der Waals surface area contributed by atoms with Crippen LogP contribution in [0.2, 0.25) is 0 Å². The molecule has 0 aromatic rings. The summed E-state index contributed by atoms with van der Waals surface area (Å²) in [5, 5.41) is 0. The maximum Gasteiger partial charge on any atom is -0.0314 e. The van der Waals surface area contributed by atoms with Crippen molar-refractivity contribution in [3.05, 3.63) is 31.2 Å². The minimum Gasteiger partial charge on any atom is -0.125 e. The second-order valence-electron chi connectivity index (χ2n) is 3.57. The van der Waals surface area contributed by atoms with Crippen molar-refractivity contribution < 1.29 is 0 Å². The highest BCUT2D eigenvalue weighted by molar-refractivity contribution is 7.37. The molecule has 0 fully saturated rings. The van der Waals surface area contributed by atoms with Gasteiger partial charge in [-0.2, -0.15) is 0 Å². The summed E-state index contributed by atoms with van der Waals surface area (Å²) in [6, 6.07) is 0. The average molecular weight is 211 g/mol. The summed E-state index contributed by atoms with van der Waals surface area (Å²) < 4.78 is 0. The molecular weight excluding hydrogens is 187 g/mol. The summed E-state index contributed by atoms with van der Waals surface area (Å²) in [6.07, 6.45) is 15.2. The second-order valence-corrected chi connectivity index (χ2v) is 4.68. The average Bonchev–Trinajstić information content (AvgIpc) is 2.21. The third-order valence-corrected chi connectivity index (χ3v) is 2.98. The third-order valence-electron chi connectivity index (χ3n) is 2.34. The van der Waals surface area contributed by atoms with Crippen LogP contribution >= 0.6 is 8.58 Å². The molecule has 0 spiro atoms. The standard InChI is InChI=1S/C13H24P/c1-4-6-8-10-13(9-7-5-2)11-12-14-3/h4-6,11,13-14H,2,7-10,12H2,1,3H3/b6-4+. The van der Waals surface area contributed by atoms with Crippen LogP contribution in [-0.4, -0.2) is 12.8 Å². The Morgan fingerprint density at radius 1 is 1.29 bits per heavy atom. The van der Waals surface area contributed by atoms with Crippen molar-refractivity contribution in [3.8, 4) is 0 Å². The highest BCUT2D eigenvalue weighted by atomic mass is 31.1. The maximum atomic E-state index is 3.78. The van der Waals surface area contributed by atoms with Crippen LogP contribution in [-0.2, 0) is 0 Å². The summed E-state index contributed by atoms with van der Waals surface area (Å²) in [4.78, 5) is 0. The number of allylic oxidation sites excluding steroid dienone is 3. The minimum atomic E-state index is 0.802. The highest BCUT2D eigenvalue weighted by Crippen LogP contribution is 2.20. The van der Waals surface area contributed by atoms with E-state index in [1.165, 1.54) is 25.4 Å². The van der Waals surface area contributed by atoms with E-state index >= 15 is 0 Å². The van der Waals surface area contributed by atoms with Crippen molar-refractivity contribution >= 4 is 8.58 Å². The van der Waals surface area contributed by atoms with Gasteiger partial charge in [0.25, 0.3) is 0 Å². The van der Waals surface area contributed by atoms with Crippen LogP contribution < -0.4 is 0 Å². The van der Waals surface area contributed by atoms with E-state index in [4.69, 9.17) is 0 Å². The van der Waals surface area contributed by atoms with Gasteiger partial charge in [0, 0.05) is 0 Å². The molecule has 0 bridgehead atoms. The smallest absolute Gasteiger partial charge is 0.0314 e. The second kappa shape index (κ2) is 11.0. The Labute approximate surface area is 91.7 Å². The summed E-state index contributed by atoms with van der Waals surface area (Å²) in [6.45, 7) is 8.15. The molecule has 14 heavy (non-hydrogen) atoms. The molecule has 0 heterocycles. The zero-order valence-corrected chi connectivity index (χ0v) is 10.6. The van der Waals surface area contributed by atoms with Crippen molar-refractivity contribution in [2.75, 3.05) is 12.8 Å². The minimum absolute atomic E-state index is 0.802. The molecule has 0 nitrogen and oxygen atoms in total. The lowest BCUT2D eigenvalue weighted by Gasteiger charge is -2.13. The van der Waals surface area contributed by atoms with Crippen molar-refractivity contribution in [2.45, 2.75) is 32.6 Å². The molecule has 0 aromatic heterocycles. The van der Waals surface area contributed by atoms with Crippen LogP contribution in [0.5, 0.6) is 0 Å². The summed E-state index contributed by atoms with van der Waals surface area (Å²) in [5.74, 6) is 0.802. The fraction of sp³-hybridized carbons (Fsp3) is 0.615. The molecule has 0 amide bonds. The number of rotatable bonds is 9. The van der Waals surface area contributed by atoms with Gasteiger partial charge in [-0.1, -0.05) is 18.2 Å². The molecule has 0 rings (SSSR count). The Balaban J connectivity index is 3.65. The zero-order chi connectivity index (χ0) is 10.6. The maximum absolute atomic E-state index is 3.78. The van der Waals surface area contributed by atoms with Gasteiger partial charge in [-0.15, -0.1) is 15.2 Å². The predicted molar refractivity (Wildman–Crippen MR) is 70.4 cm³/mol. The summed E-state index contributed by atoms with van der Waals surface area (Å²) in [7, 11) is 1.06. The third kappa shape index (κ3) is 8.51. The van der Waals surface area contributed by atoms with E-state index in [0.717, 1.165) is 20.9 Å². The van der Waals surface area contributed by atoms with E-state index in [-0.39, 0.29) is 0 Å². The van der Waals surface area contributed by atoms with Gasteiger partial charge in [0.05, 0.1) is 0 Å². The lowest BCUT2D eigenvalue weighted by molar-refractivity contribution is 0.523. The van der Waals surface area contributed by atoms with Gasteiger partial charge >= 0.3 is 0 Å². The van der Waals surface area contributed by atoms with Crippen LogP contribution in [0, 0.1) is 12.3 Å². The van der Waals surface area contributed by atoms with Gasteiger partial charge in [0.1, 0.15) is 0 Å². The Kier molecular flexibility index (Phi) is 10.9. The molecule has 0 aliphatic rings. The monoisotopic (exact) mass is 211 g/mol. The van der Waals surface area contributed by atoms with Crippen LogP contribution in [0.25, 0.3) is 0 Å². The Bertz CT molecular complexity index is 149. The van der Waals surface area contributed by atoms with Crippen LogP contribution in [0.15, 0.2) is 24.8 Å². The fourth-order valence-electron chi connectivity index (χ4n) is 1.47. The molecule has 81 valence electrons. The Morgan fingerprint density at radius 2 is 2.00 bits per heavy atom. The molecule has 0 aliphatic heterocycles. The predicted octanol–water partition coefficient (Wildman–Crippen LogP) is 4.44. The quantitative estimate of drug-likeness (QED) is 0.391. The van der Waals surface area contributed by atoms with Gasteiger partial charge < -0.3 is 0 Å². The molecule has 0 saturated carbocycles. The lowest BCUT2D eigenvalue weighted by atomic mass is 9.95. The highest BCUT2D eigenvalue weighted by Gasteiger charge is 2.06. The Hall–Kier alpha value is -0.0900.